The van der Waals surface area contributed by atoms with Gasteiger partial charge in [0.25, 0.3) is 0 Å². The average Bonchev–Trinajstić information content (AvgIpc) is 3.50. The molecular formula is C22H22F2N2OS. The van der Waals surface area contributed by atoms with Crippen LogP contribution in [0, 0.1) is 17.6 Å². The highest BCUT2D eigenvalue weighted by molar-refractivity contribution is 7.99. The van der Waals surface area contributed by atoms with Crippen molar-refractivity contribution in [1.29, 1.82) is 0 Å². The first-order valence-corrected chi connectivity index (χ1v) is 10.4. The normalized spacial score (nSPS) is 16.5. The number of ether oxygens (including phenoxy) is 1. The molecule has 2 aliphatic rings. The third kappa shape index (κ3) is 4.17. The lowest BCUT2D eigenvalue weighted by Gasteiger charge is -2.25. The van der Waals surface area contributed by atoms with Crippen molar-refractivity contribution < 1.29 is 13.5 Å². The molecule has 1 saturated carbocycles. The monoisotopic (exact) mass is 400 g/mol. The second-order valence-corrected chi connectivity index (χ2v) is 7.80. The largest absolute Gasteiger partial charge is 0.454 e. The van der Waals surface area contributed by atoms with E-state index in [0.29, 0.717) is 11.7 Å². The van der Waals surface area contributed by atoms with Crippen molar-refractivity contribution in [1.82, 2.24) is 4.90 Å². The lowest BCUT2D eigenvalue weighted by Crippen LogP contribution is -2.19. The van der Waals surface area contributed by atoms with Crippen molar-refractivity contribution in [2.24, 2.45) is 5.92 Å². The molecule has 1 N–H and O–H groups in total. The zero-order valence-electron chi connectivity index (χ0n) is 15.8. The number of nitrogens with one attached hydrogen (secondary N) is 1. The van der Waals surface area contributed by atoms with Crippen molar-refractivity contribution in [3.8, 4) is 11.5 Å². The van der Waals surface area contributed by atoms with Gasteiger partial charge < -0.3 is 14.4 Å². The molecule has 146 valence electrons. The van der Waals surface area contributed by atoms with Gasteiger partial charge in [0.1, 0.15) is 11.6 Å². The molecule has 2 aromatic carbocycles. The third-order valence-corrected chi connectivity index (χ3v) is 5.30. The van der Waals surface area contributed by atoms with Crippen LogP contribution in [0.5, 0.6) is 11.5 Å². The number of allylic oxidation sites excluding steroid dienone is 2. The van der Waals surface area contributed by atoms with Gasteiger partial charge in [-0.1, -0.05) is 18.0 Å². The summed E-state index contributed by atoms with van der Waals surface area (Å²) in [5.41, 5.74) is 4.25. The molecule has 1 fully saturated rings. The first-order chi connectivity index (χ1) is 13.5. The fourth-order valence-corrected chi connectivity index (χ4v) is 3.77. The molecule has 0 radical (unpaired) electrons. The molecule has 0 amide bonds. The maximum Gasteiger partial charge on any atom is 0.168 e. The van der Waals surface area contributed by atoms with Gasteiger partial charge in [-0.25, -0.2) is 8.78 Å². The van der Waals surface area contributed by atoms with E-state index in [4.69, 9.17) is 4.74 Å². The minimum atomic E-state index is -0.721. The molecule has 0 unspecified atom stereocenters. The molecule has 28 heavy (non-hydrogen) atoms. The van der Waals surface area contributed by atoms with Crippen LogP contribution in [-0.4, -0.2) is 24.7 Å². The molecule has 1 heterocycles. The Morgan fingerprint density at radius 2 is 1.89 bits per heavy atom. The Labute approximate surface area is 168 Å². The van der Waals surface area contributed by atoms with Crippen molar-refractivity contribution in [3.05, 3.63) is 71.4 Å². The van der Waals surface area contributed by atoms with Gasteiger partial charge in [0.15, 0.2) is 11.6 Å². The van der Waals surface area contributed by atoms with Crippen LogP contribution in [0.4, 0.5) is 14.5 Å². The number of rotatable bonds is 6. The van der Waals surface area contributed by atoms with E-state index in [-0.39, 0.29) is 5.75 Å². The molecule has 1 aliphatic heterocycles. The molecule has 6 heteroatoms. The van der Waals surface area contributed by atoms with Gasteiger partial charge in [-0.05, 0) is 54.7 Å². The second kappa shape index (κ2) is 7.87. The summed E-state index contributed by atoms with van der Waals surface area (Å²) < 4.78 is 36.5. The standard InChI is InChI=1S/C22H22F2N2OS/c1-26-12-15(14-3-4-14)9-16(13-26)19-11-18(25-28-2)6-8-21(19)27-22-7-5-17(23)10-20(22)24/h5-11,13-14,25H,3-4,12H2,1-2H3. The zero-order valence-corrected chi connectivity index (χ0v) is 16.7. The van der Waals surface area contributed by atoms with Crippen LogP contribution in [0.15, 0.2) is 54.2 Å². The van der Waals surface area contributed by atoms with Crippen molar-refractivity contribution in [3.63, 3.8) is 0 Å². The van der Waals surface area contributed by atoms with Crippen molar-refractivity contribution in [2.45, 2.75) is 12.8 Å². The summed E-state index contributed by atoms with van der Waals surface area (Å²) in [5.74, 6) is -0.147. The van der Waals surface area contributed by atoms with Gasteiger partial charge in [-0.2, -0.15) is 0 Å². The molecule has 0 atom stereocenters. The fourth-order valence-electron chi connectivity index (χ4n) is 3.40. The van der Waals surface area contributed by atoms with E-state index in [9.17, 15) is 8.78 Å². The minimum Gasteiger partial charge on any atom is -0.454 e. The highest BCUT2D eigenvalue weighted by Gasteiger charge is 2.28. The predicted octanol–water partition coefficient (Wildman–Crippen LogP) is 6.07. The first kappa shape index (κ1) is 18.9. The molecule has 0 bridgehead atoms. The second-order valence-electron chi connectivity index (χ2n) is 7.19. The van der Waals surface area contributed by atoms with Crippen molar-refractivity contribution in [2.75, 3.05) is 24.6 Å². The lowest BCUT2D eigenvalue weighted by atomic mass is 9.97. The van der Waals surface area contributed by atoms with E-state index in [1.54, 1.807) is 0 Å². The lowest BCUT2D eigenvalue weighted by molar-refractivity contribution is 0.436. The Morgan fingerprint density at radius 3 is 2.61 bits per heavy atom. The highest BCUT2D eigenvalue weighted by atomic mass is 32.2. The summed E-state index contributed by atoms with van der Waals surface area (Å²) in [6.07, 6.45) is 8.74. The number of benzene rings is 2. The van der Waals surface area contributed by atoms with Gasteiger partial charge in [0.2, 0.25) is 0 Å². The molecule has 4 rings (SSSR count). The summed E-state index contributed by atoms with van der Waals surface area (Å²) in [4.78, 5) is 2.17. The van der Waals surface area contributed by atoms with E-state index in [1.807, 2.05) is 24.5 Å². The zero-order chi connectivity index (χ0) is 19.7. The molecule has 0 aromatic heterocycles. The summed E-state index contributed by atoms with van der Waals surface area (Å²) >= 11 is 1.50. The van der Waals surface area contributed by atoms with Gasteiger partial charge >= 0.3 is 0 Å². The Hall–Kier alpha value is -2.47. The first-order valence-electron chi connectivity index (χ1n) is 9.22. The van der Waals surface area contributed by atoms with Crippen molar-refractivity contribution >= 4 is 23.2 Å². The Kier molecular flexibility index (Phi) is 5.31. The van der Waals surface area contributed by atoms with E-state index >= 15 is 0 Å². The van der Waals surface area contributed by atoms with E-state index in [0.717, 1.165) is 29.4 Å². The Bertz CT molecular complexity index is 954. The van der Waals surface area contributed by atoms with Crippen LogP contribution >= 0.6 is 11.9 Å². The number of anilines is 1. The SMILES string of the molecule is CSNc1ccc(Oc2ccc(F)cc2F)c(C2=CN(C)CC(C3CC3)=C2)c1. The smallest absolute Gasteiger partial charge is 0.168 e. The van der Waals surface area contributed by atoms with Gasteiger partial charge in [0, 0.05) is 48.9 Å². The maximum atomic E-state index is 14.1. The summed E-state index contributed by atoms with van der Waals surface area (Å²) in [5, 5.41) is 0. The Morgan fingerprint density at radius 1 is 1.11 bits per heavy atom. The number of nitrogens with zero attached hydrogens (tertiary/aromatic N) is 1. The molecular weight excluding hydrogens is 378 g/mol. The number of hydrogen-bond donors (Lipinski definition) is 1. The van der Waals surface area contributed by atoms with Crippen LogP contribution < -0.4 is 9.46 Å². The topological polar surface area (TPSA) is 24.5 Å². The molecule has 3 nitrogen and oxygen atoms in total. The minimum absolute atomic E-state index is 0.00406. The van der Waals surface area contributed by atoms with Crippen LogP contribution in [0.3, 0.4) is 0 Å². The molecule has 0 saturated heterocycles. The van der Waals surface area contributed by atoms with E-state index < -0.39 is 11.6 Å². The van der Waals surface area contributed by atoms with Crippen LogP contribution in [0.2, 0.25) is 0 Å². The van der Waals surface area contributed by atoms with E-state index in [2.05, 4.69) is 28.9 Å². The van der Waals surface area contributed by atoms with Crippen LogP contribution in [0.25, 0.3) is 5.57 Å². The number of halogens is 2. The number of likely N-dealkylation sites (N-methyl/N-ethyl adjacent to an activating group) is 1. The fraction of sp³-hybridized carbons (Fsp3) is 0.273. The molecule has 2 aromatic rings. The van der Waals surface area contributed by atoms with Gasteiger partial charge in [-0.3, -0.25) is 0 Å². The van der Waals surface area contributed by atoms with Gasteiger partial charge in [-0.15, -0.1) is 0 Å². The highest BCUT2D eigenvalue weighted by Crippen LogP contribution is 2.42. The predicted molar refractivity (Wildman–Crippen MR) is 111 cm³/mol. The average molecular weight is 400 g/mol. The van der Waals surface area contributed by atoms with Crippen LogP contribution in [-0.2, 0) is 0 Å². The summed E-state index contributed by atoms with van der Waals surface area (Å²) in [7, 11) is 2.06. The number of hydrogen-bond acceptors (Lipinski definition) is 4. The quantitative estimate of drug-likeness (QED) is 0.595. The maximum absolute atomic E-state index is 14.1. The third-order valence-electron chi connectivity index (χ3n) is 4.86. The van der Waals surface area contributed by atoms with Gasteiger partial charge in [0.05, 0.1) is 0 Å². The van der Waals surface area contributed by atoms with Crippen LogP contribution in [0.1, 0.15) is 18.4 Å². The molecule has 1 aliphatic carbocycles. The molecule has 0 spiro atoms. The van der Waals surface area contributed by atoms with E-state index in [1.165, 1.54) is 42.5 Å². The summed E-state index contributed by atoms with van der Waals surface area (Å²) in [6.45, 7) is 0.930. The summed E-state index contributed by atoms with van der Waals surface area (Å²) in [6, 6.07) is 9.04. The Balaban J connectivity index is 1.74.